The molecule has 1 fully saturated rings. The molecule has 7 nitrogen and oxygen atoms in total. The highest BCUT2D eigenvalue weighted by Gasteiger charge is 2.26. The Morgan fingerprint density at radius 1 is 1.16 bits per heavy atom. The van der Waals surface area contributed by atoms with Crippen molar-refractivity contribution in [3.05, 3.63) is 24.3 Å². The van der Waals surface area contributed by atoms with Crippen LogP contribution in [0.25, 0.3) is 0 Å². The van der Waals surface area contributed by atoms with Gasteiger partial charge in [-0.3, -0.25) is 9.59 Å². The third-order valence-electron chi connectivity index (χ3n) is 3.93. The minimum atomic E-state index is -3.55. The zero-order chi connectivity index (χ0) is 18.3. The number of rotatable bonds is 7. The van der Waals surface area contributed by atoms with Crippen molar-refractivity contribution in [2.75, 3.05) is 25.0 Å². The van der Waals surface area contributed by atoms with Crippen molar-refractivity contribution >= 4 is 27.6 Å². The van der Waals surface area contributed by atoms with Crippen LogP contribution in [0.4, 0.5) is 5.69 Å². The summed E-state index contributed by atoms with van der Waals surface area (Å²) in [5.74, 6) is -0.792. The van der Waals surface area contributed by atoms with Gasteiger partial charge in [0.1, 0.15) is 0 Å². The second-order valence-corrected chi connectivity index (χ2v) is 7.78. The minimum Gasteiger partial charge on any atom is -0.466 e. The van der Waals surface area contributed by atoms with Crippen LogP contribution < -0.4 is 5.32 Å². The number of esters is 1. The van der Waals surface area contributed by atoms with Crippen LogP contribution in [-0.2, 0) is 24.3 Å². The van der Waals surface area contributed by atoms with Crippen LogP contribution in [0.15, 0.2) is 29.2 Å². The number of nitrogens with zero attached hydrogens (tertiary/aromatic N) is 1. The average molecular weight is 368 g/mol. The van der Waals surface area contributed by atoms with Crippen molar-refractivity contribution in [2.45, 2.75) is 43.9 Å². The fourth-order valence-corrected chi connectivity index (χ4v) is 4.22. The van der Waals surface area contributed by atoms with Crippen LogP contribution in [-0.4, -0.2) is 44.3 Å². The van der Waals surface area contributed by atoms with Crippen LogP contribution in [0, 0.1) is 0 Å². The lowest BCUT2D eigenvalue weighted by atomic mass is 10.2. The van der Waals surface area contributed by atoms with Gasteiger partial charge in [0, 0.05) is 25.2 Å². The van der Waals surface area contributed by atoms with Gasteiger partial charge in [-0.15, -0.1) is 0 Å². The molecule has 0 bridgehead atoms. The number of carbonyl (C=O) groups excluding carboxylic acids is 2. The van der Waals surface area contributed by atoms with Crippen molar-refractivity contribution in [1.29, 1.82) is 0 Å². The van der Waals surface area contributed by atoms with Crippen LogP contribution in [0.1, 0.15) is 39.0 Å². The van der Waals surface area contributed by atoms with E-state index in [9.17, 15) is 18.0 Å². The number of hydrogen-bond acceptors (Lipinski definition) is 5. The molecule has 138 valence electrons. The molecule has 2 rings (SSSR count). The van der Waals surface area contributed by atoms with Gasteiger partial charge in [-0.05, 0) is 38.0 Å². The summed E-state index contributed by atoms with van der Waals surface area (Å²) in [7, 11) is -3.55. The Bertz CT molecular complexity index is 712. The maximum Gasteiger partial charge on any atom is 0.306 e. The van der Waals surface area contributed by atoms with Crippen LogP contribution in [0.3, 0.4) is 0 Å². The number of nitrogens with one attached hydrogen (secondary N) is 1. The number of piperidine rings is 1. The fraction of sp³-hybridized carbons (Fsp3) is 0.529. The molecule has 8 heteroatoms. The number of hydrogen-bond donors (Lipinski definition) is 1. The second kappa shape index (κ2) is 8.96. The van der Waals surface area contributed by atoms with Gasteiger partial charge in [0.15, 0.2) is 0 Å². The molecule has 0 saturated carbocycles. The Morgan fingerprint density at radius 3 is 2.56 bits per heavy atom. The number of carbonyl (C=O) groups is 2. The molecule has 0 aromatic heterocycles. The number of anilines is 1. The average Bonchev–Trinajstić information content (AvgIpc) is 2.61. The molecule has 0 radical (unpaired) electrons. The van der Waals surface area contributed by atoms with Gasteiger partial charge >= 0.3 is 5.97 Å². The fourth-order valence-electron chi connectivity index (χ4n) is 2.66. The minimum absolute atomic E-state index is 0.00849. The molecule has 25 heavy (non-hydrogen) atoms. The van der Waals surface area contributed by atoms with E-state index < -0.39 is 16.0 Å². The molecular formula is C17H24N2O5S. The maximum atomic E-state index is 12.7. The molecule has 1 amide bonds. The largest absolute Gasteiger partial charge is 0.466 e. The Hall–Kier alpha value is -1.93. The SMILES string of the molecule is CCOC(=O)CCC(=O)Nc1cccc(S(=O)(=O)N2CCCCC2)c1. The lowest BCUT2D eigenvalue weighted by Crippen LogP contribution is -2.35. The molecule has 1 aliphatic heterocycles. The first-order valence-electron chi connectivity index (χ1n) is 8.49. The predicted molar refractivity (Wildman–Crippen MR) is 93.5 cm³/mol. The topological polar surface area (TPSA) is 92.8 Å². The van der Waals surface area contributed by atoms with Crippen LogP contribution in [0.2, 0.25) is 0 Å². The van der Waals surface area contributed by atoms with Gasteiger partial charge in [-0.2, -0.15) is 4.31 Å². The molecule has 0 unspecified atom stereocenters. The Kier molecular flexibility index (Phi) is 6.95. The highest BCUT2D eigenvalue weighted by Crippen LogP contribution is 2.23. The van der Waals surface area contributed by atoms with Crippen LogP contribution in [0.5, 0.6) is 0 Å². The van der Waals surface area contributed by atoms with Crippen molar-refractivity contribution in [1.82, 2.24) is 4.31 Å². The Morgan fingerprint density at radius 2 is 1.88 bits per heavy atom. The molecule has 1 saturated heterocycles. The van der Waals surface area contributed by atoms with Gasteiger partial charge in [0.2, 0.25) is 15.9 Å². The molecular weight excluding hydrogens is 344 g/mol. The van der Waals surface area contributed by atoms with Crippen molar-refractivity contribution in [2.24, 2.45) is 0 Å². The molecule has 1 N–H and O–H groups in total. The highest BCUT2D eigenvalue weighted by molar-refractivity contribution is 7.89. The van der Waals surface area contributed by atoms with E-state index in [1.165, 1.54) is 16.4 Å². The van der Waals surface area contributed by atoms with E-state index >= 15 is 0 Å². The summed E-state index contributed by atoms with van der Waals surface area (Å²) < 4.78 is 31.6. The van der Waals surface area contributed by atoms with Gasteiger partial charge in [0.05, 0.1) is 17.9 Å². The first-order valence-corrected chi connectivity index (χ1v) is 9.93. The smallest absolute Gasteiger partial charge is 0.306 e. The summed E-state index contributed by atoms with van der Waals surface area (Å²) in [6, 6.07) is 6.19. The molecule has 0 aliphatic carbocycles. The van der Waals surface area contributed by atoms with Crippen molar-refractivity contribution in [3.8, 4) is 0 Å². The number of amides is 1. The molecule has 0 atom stereocenters. The summed E-state index contributed by atoms with van der Waals surface area (Å²) in [6.45, 7) is 3.03. The van der Waals surface area contributed by atoms with E-state index in [-0.39, 0.29) is 30.3 Å². The lowest BCUT2D eigenvalue weighted by molar-refractivity contribution is -0.144. The van der Waals surface area contributed by atoms with Gasteiger partial charge in [-0.25, -0.2) is 8.42 Å². The molecule has 0 spiro atoms. The summed E-state index contributed by atoms with van der Waals surface area (Å²) in [5, 5.41) is 2.63. The number of ether oxygens (including phenoxy) is 1. The van der Waals surface area contributed by atoms with Crippen molar-refractivity contribution in [3.63, 3.8) is 0 Å². The molecule has 1 aromatic rings. The highest BCUT2D eigenvalue weighted by atomic mass is 32.2. The molecule has 1 heterocycles. The zero-order valence-electron chi connectivity index (χ0n) is 14.4. The van der Waals surface area contributed by atoms with Crippen LogP contribution >= 0.6 is 0 Å². The van der Waals surface area contributed by atoms with E-state index in [2.05, 4.69) is 5.32 Å². The zero-order valence-corrected chi connectivity index (χ0v) is 15.2. The summed E-state index contributed by atoms with van der Waals surface area (Å²) in [4.78, 5) is 23.3. The molecule has 1 aromatic carbocycles. The first-order chi connectivity index (χ1) is 11.9. The number of sulfonamides is 1. The van der Waals surface area contributed by atoms with E-state index in [0.29, 0.717) is 18.8 Å². The number of benzene rings is 1. The third-order valence-corrected chi connectivity index (χ3v) is 5.83. The standard InChI is InChI=1S/C17H24N2O5S/c1-2-24-17(21)10-9-16(20)18-14-7-6-8-15(13-14)25(22,23)19-11-4-3-5-12-19/h6-8,13H,2-5,9-12H2,1H3,(H,18,20). The molecule has 1 aliphatic rings. The third kappa shape index (κ3) is 5.54. The Balaban J connectivity index is 2.00. The quantitative estimate of drug-likeness (QED) is 0.745. The summed E-state index contributed by atoms with van der Waals surface area (Å²) >= 11 is 0. The normalized spacial score (nSPS) is 15.6. The second-order valence-electron chi connectivity index (χ2n) is 5.85. The maximum absolute atomic E-state index is 12.7. The van der Waals surface area contributed by atoms with E-state index in [0.717, 1.165) is 19.3 Å². The monoisotopic (exact) mass is 368 g/mol. The van der Waals surface area contributed by atoms with E-state index in [4.69, 9.17) is 4.74 Å². The first kappa shape index (κ1) is 19.4. The Labute approximate surface area is 148 Å². The van der Waals surface area contributed by atoms with Gasteiger partial charge < -0.3 is 10.1 Å². The predicted octanol–water partition coefficient (Wildman–Crippen LogP) is 2.14. The van der Waals surface area contributed by atoms with E-state index in [1.807, 2.05) is 0 Å². The van der Waals surface area contributed by atoms with E-state index in [1.54, 1.807) is 19.1 Å². The summed E-state index contributed by atoms with van der Waals surface area (Å²) in [6.07, 6.45) is 2.75. The lowest BCUT2D eigenvalue weighted by Gasteiger charge is -2.26. The van der Waals surface area contributed by atoms with Gasteiger partial charge in [-0.1, -0.05) is 12.5 Å². The van der Waals surface area contributed by atoms with Crippen molar-refractivity contribution < 1.29 is 22.7 Å². The summed E-state index contributed by atoms with van der Waals surface area (Å²) in [5.41, 5.74) is 0.395. The van der Waals surface area contributed by atoms with Gasteiger partial charge in [0.25, 0.3) is 0 Å².